The van der Waals surface area contributed by atoms with E-state index in [9.17, 15) is 24.7 Å². The van der Waals surface area contributed by atoms with Gasteiger partial charge in [0.25, 0.3) is 0 Å². The van der Waals surface area contributed by atoms with Crippen LogP contribution in [-0.4, -0.2) is 46.1 Å². The molecule has 0 aliphatic rings. The topological polar surface area (TPSA) is 107 Å². The summed E-state index contributed by atoms with van der Waals surface area (Å²) in [6.45, 7) is 7.70. The van der Waals surface area contributed by atoms with E-state index in [2.05, 4.69) is 5.32 Å². The van der Waals surface area contributed by atoms with Gasteiger partial charge in [-0.3, -0.25) is 19.6 Å². The van der Waals surface area contributed by atoms with E-state index in [0.717, 1.165) is 12.8 Å². The quantitative estimate of drug-likeness (QED) is 0.232. The molecule has 3 N–H and O–H groups in total. The van der Waals surface area contributed by atoms with E-state index in [0.29, 0.717) is 23.5 Å². The van der Waals surface area contributed by atoms with Gasteiger partial charge in [-0.05, 0) is 42.0 Å². The van der Waals surface area contributed by atoms with Gasteiger partial charge in [0.2, 0.25) is 12.3 Å². The molecule has 0 spiro atoms. The van der Waals surface area contributed by atoms with E-state index in [1.165, 1.54) is 24.3 Å². The van der Waals surface area contributed by atoms with Crippen LogP contribution in [0.25, 0.3) is 0 Å². The molecule has 2 unspecified atom stereocenters. The molecule has 2 amide bonds. The highest BCUT2D eigenvalue weighted by Crippen LogP contribution is 2.24. The number of rotatable bonds is 11. The number of Topliss-reactive ketones (excluding diaryl/α,β-unsaturated/α-hetero) is 1. The fourth-order valence-corrected chi connectivity index (χ4v) is 3.01. The summed E-state index contributed by atoms with van der Waals surface area (Å²) in [4.78, 5) is 36.3. The van der Waals surface area contributed by atoms with Crippen molar-refractivity contribution in [1.29, 1.82) is 0 Å². The van der Waals surface area contributed by atoms with Crippen molar-refractivity contribution < 1.29 is 24.7 Å². The van der Waals surface area contributed by atoms with Crippen molar-refractivity contribution in [2.24, 2.45) is 11.3 Å². The summed E-state index contributed by atoms with van der Waals surface area (Å²) in [5.41, 5.74) is -0.113. The molecule has 0 aliphatic carbocycles. The molecule has 0 aromatic heterocycles. The van der Waals surface area contributed by atoms with Crippen LogP contribution in [0.5, 0.6) is 5.75 Å². The third kappa shape index (κ3) is 7.68. The molecule has 0 fully saturated rings. The minimum Gasteiger partial charge on any atom is -0.508 e. The molecule has 1 rings (SSSR count). The number of phenolic OH excluding ortho intramolecular Hbond substituents is 1. The first kappa shape index (κ1) is 23.6. The first-order chi connectivity index (χ1) is 13.1. The minimum absolute atomic E-state index is 0.0652. The molecule has 7 nitrogen and oxygen atoms in total. The van der Waals surface area contributed by atoms with E-state index in [1.807, 2.05) is 27.7 Å². The Morgan fingerprint density at radius 3 is 2.32 bits per heavy atom. The molecule has 0 bridgehead atoms. The number of aromatic hydroxyl groups is 1. The monoisotopic (exact) mass is 392 g/mol. The van der Waals surface area contributed by atoms with Crippen molar-refractivity contribution in [3.63, 3.8) is 0 Å². The van der Waals surface area contributed by atoms with E-state index in [4.69, 9.17) is 0 Å². The van der Waals surface area contributed by atoms with Gasteiger partial charge in [-0.2, -0.15) is 0 Å². The maximum absolute atomic E-state index is 12.9. The van der Waals surface area contributed by atoms with Crippen molar-refractivity contribution in [2.75, 3.05) is 6.54 Å². The zero-order valence-electron chi connectivity index (χ0n) is 17.1. The zero-order chi connectivity index (χ0) is 21.3. The summed E-state index contributed by atoms with van der Waals surface area (Å²) < 4.78 is 0. The molecule has 0 radical (unpaired) electrons. The molecule has 7 heteroatoms. The Balaban J connectivity index is 2.89. The summed E-state index contributed by atoms with van der Waals surface area (Å²) in [6.07, 6.45) is 2.94. The number of benzene rings is 1. The predicted molar refractivity (Wildman–Crippen MR) is 106 cm³/mol. The van der Waals surface area contributed by atoms with E-state index in [-0.39, 0.29) is 36.3 Å². The number of ketones is 1. The normalized spacial score (nSPS) is 13.5. The standard InChI is InChI=1S/C21H32N2O5/c1-5-6-7-15(13-23(28)14-24)12-18(26)22-20(21(2,3)4)19(27)16-8-10-17(25)11-9-16/h8-11,14-15,20,25,28H,5-7,12-13H2,1-4H3,(H,22,26). The SMILES string of the molecule is CCCCC(CC(=O)NC(C(=O)c1ccc(O)cc1)C(C)(C)C)CN(O)C=O. The van der Waals surface area contributed by atoms with Crippen molar-refractivity contribution in [1.82, 2.24) is 10.4 Å². The van der Waals surface area contributed by atoms with Crippen LogP contribution in [0, 0.1) is 11.3 Å². The van der Waals surface area contributed by atoms with E-state index in [1.54, 1.807) is 0 Å². The number of nitrogens with one attached hydrogen (secondary N) is 1. The summed E-state index contributed by atoms with van der Waals surface area (Å²) in [5.74, 6) is -0.662. The Morgan fingerprint density at radius 2 is 1.82 bits per heavy atom. The van der Waals surface area contributed by atoms with E-state index < -0.39 is 11.5 Å². The number of nitrogens with zero attached hydrogens (tertiary/aromatic N) is 1. The number of amides is 2. The number of hydrogen-bond acceptors (Lipinski definition) is 5. The van der Waals surface area contributed by atoms with Crippen LogP contribution in [0.2, 0.25) is 0 Å². The van der Waals surface area contributed by atoms with Crippen molar-refractivity contribution in [3.8, 4) is 5.75 Å². The summed E-state index contributed by atoms with van der Waals surface area (Å²) >= 11 is 0. The molecule has 0 saturated carbocycles. The molecule has 0 saturated heterocycles. The lowest BCUT2D eigenvalue weighted by molar-refractivity contribution is -0.153. The van der Waals surface area contributed by atoms with Gasteiger partial charge in [-0.25, -0.2) is 5.06 Å². The van der Waals surface area contributed by atoms with Crippen LogP contribution in [0.4, 0.5) is 0 Å². The second-order valence-electron chi connectivity index (χ2n) is 8.22. The first-order valence-corrected chi connectivity index (χ1v) is 9.61. The van der Waals surface area contributed by atoms with Gasteiger partial charge in [0, 0.05) is 12.0 Å². The van der Waals surface area contributed by atoms with Gasteiger partial charge in [0.15, 0.2) is 5.78 Å². The van der Waals surface area contributed by atoms with Crippen molar-refractivity contribution in [2.45, 2.75) is 59.4 Å². The Kier molecular flexibility index (Phi) is 9.12. The van der Waals surface area contributed by atoms with Crippen LogP contribution in [0.15, 0.2) is 24.3 Å². The summed E-state index contributed by atoms with van der Waals surface area (Å²) in [5, 5.41) is 22.3. The Hall–Kier alpha value is -2.41. The fourth-order valence-electron chi connectivity index (χ4n) is 3.01. The molecular weight excluding hydrogens is 360 g/mol. The molecule has 0 aliphatic heterocycles. The van der Waals surface area contributed by atoms with Crippen LogP contribution in [0.1, 0.15) is 63.7 Å². The van der Waals surface area contributed by atoms with E-state index >= 15 is 0 Å². The van der Waals surface area contributed by atoms with Gasteiger partial charge in [0.05, 0.1) is 12.6 Å². The number of phenols is 1. The molecule has 0 heterocycles. The Morgan fingerprint density at radius 1 is 1.21 bits per heavy atom. The van der Waals surface area contributed by atoms with Crippen LogP contribution < -0.4 is 5.32 Å². The number of carbonyl (C=O) groups is 3. The molecular formula is C21H32N2O5. The molecule has 2 atom stereocenters. The number of carbonyl (C=O) groups excluding carboxylic acids is 3. The summed E-state index contributed by atoms with van der Waals surface area (Å²) in [6, 6.07) is 5.18. The van der Waals surface area contributed by atoms with Crippen LogP contribution >= 0.6 is 0 Å². The third-order valence-corrected chi connectivity index (χ3v) is 4.59. The van der Waals surface area contributed by atoms with Crippen LogP contribution in [0.3, 0.4) is 0 Å². The largest absolute Gasteiger partial charge is 0.508 e. The lowest BCUT2D eigenvalue weighted by atomic mass is 9.82. The van der Waals surface area contributed by atoms with Gasteiger partial charge in [0.1, 0.15) is 5.75 Å². The third-order valence-electron chi connectivity index (χ3n) is 4.59. The smallest absolute Gasteiger partial charge is 0.233 e. The predicted octanol–water partition coefficient (Wildman–Crippen LogP) is 3.15. The van der Waals surface area contributed by atoms with Gasteiger partial charge < -0.3 is 10.4 Å². The lowest BCUT2D eigenvalue weighted by Gasteiger charge is -2.31. The molecule has 156 valence electrons. The maximum Gasteiger partial charge on any atom is 0.233 e. The minimum atomic E-state index is -0.743. The zero-order valence-corrected chi connectivity index (χ0v) is 17.1. The second-order valence-corrected chi connectivity index (χ2v) is 8.22. The highest BCUT2D eigenvalue weighted by Gasteiger charge is 2.33. The number of hydroxylamine groups is 2. The Bertz CT molecular complexity index is 652. The average Bonchev–Trinajstić information content (AvgIpc) is 2.63. The fraction of sp³-hybridized carbons (Fsp3) is 0.571. The first-order valence-electron chi connectivity index (χ1n) is 9.61. The van der Waals surface area contributed by atoms with Crippen LogP contribution in [-0.2, 0) is 9.59 Å². The highest BCUT2D eigenvalue weighted by atomic mass is 16.5. The molecule has 1 aromatic carbocycles. The van der Waals surface area contributed by atoms with Gasteiger partial charge in [-0.1, -0.05) is 40.5 Å². The van der Waals surface area contributed by atoms with Crippen molar-refractivity contribution >= 4 is 18.1 Å². The second kappa shape index (κ2) is 10.8. The molecule has 28 heavy (non-hydrogen) atoms. The van der Waals surface area contributed by atoms with Crippen molar-refractivity contribution in [3.05, 3.63) is 29.8 Å². The van der Waals surface area contributed by atoms with Gasteiger partial charge >= 0.3 is 0 Å². The molecule has 1 aromatic rings. The number of unbranched alkanes of at least 4 members (excludes halogenated alkanes) is 1. The summed E-state index contributed by atoms with van der Waals surface area (Å²) in [7, 11) is 0. The lowest BCUT2D eigenvalue weighted by Crippen LogP contribution is -2.49. The Labute approximate surface area is 166 Å². The number of hydrogen-bond donors (Lipinski definition) is 3. The average molecular weight is 392 g/mol. The maximum atomic E-state index is 12.9. The van der Waals surface area contributed by atoms with Gasteiger partial charge in [-0.15, -0.1) is 0 Å². The highest BCUT2D eigenvalue weighted by molar-refractivity contribution is 6.02.